The Morgan fingerprint density at radius 3 is 1.97 bits per heavy atom. The van der Waals surface area contributed by atoms with Crippen LogP contribution in [0.5, 0.6) is 0 Å². The number of aryl methyl sites for hydroxylation is 3. The molecular weight excluding hydrogens is 466 g/mol. The molecule has 0 bridgehead atoms. The number of ether oxygens (including phenoxy) is 1. The molecule has 1 aliphatic rings. The monoisotopic (exact) mass is 499 g/mol. The number of benzene rings is 3. The van der Waals surface area contributed by atoms with Gasteiger partial charge in [0.15, 0.2) is 5.60 Å². The molecule has 0 fully saturated rings. The van der Waals surface area contributed by atoms with E-state index in [2.05, 4.69) is 30.2 Å². The minimum atomic E-state index is -3.77. The zero-order valence-electron chi connectivity index (χ0n) is 21.1. The van der Waals surface area contributed by atoms with Crippen molar-refractivity contribution in [2.75, 3.05) is 13.2 Å². The Hall–Kier alpha value is -3.33. The van der Waals surface area contributed by atoms with Crippen LogP contribution in [0, 0.1) is 39.0 Å². The number of sulfonamides is 1. The van der Waals surface area contributed by atoms with Crippen LogP contribution in [-0.2, 0) is 27.6 Å². The molecule has 186 valence electrons. The Labute approximate surface area is 215 Å². The largest absolute Gasteiger partial charge is 0.357 e. The van der Waals surface area contributed by atoms with Crippen LogP contribution in [0.1, 0.15) is 27.8 Å². The van der Waals surface area contributed by atoms with Crippen LogP contribution in [0.4, 0.5) is 0 Å². The third kappa shape index (κ3) is 5.41. The van der Waals surface area contributed by atoms with Crippen molar-refractivity contribution >= 4 is 10.0 Å². The molecule has 4 nitrogen and oxygen atoms in total. The van der Waals surface area contributed by atoms with Gasteiger partial charge in [0.25, 0.3) is 10.0 Å². The highest BCUT2D eigenvalue weighted by molar-refractivity contribution is 7.89. The number of terminal acetylenes is 1. The highest BCUT2D eigenvalue weighted by atomic mass is 32.2. The van der Waals surface area contributed by atoms with Gasteiger partial charge in [-0.1, -0.05) is 84.3 Å². The Morgan fingerprint density at radius 1 is 0.944 bits per heavy atom. The van der Waals surface area contributed by atoms with Gasteiger partial charge in [-0.3, -0.25) is 4.31 Å². The topological polar surface area (TPSA) is 46.6 Å². The van der Waals surface area contributed by atoms with Crippen LogP contribution in [-0.4, -0.2) is 31.5 Å². The molecule has 0 spiro atoms. The summed E-state index contributed by atoms with van der Waals surface area (Å²) in [6, 6.07) is 24.2. The molecule has 1 atom stereocenters. The molecular formula is C31H33NO3S. The summed E-state index contributed by atoms with van der Waals surface area (Å²) in [5, 5.41) is 0. The van der Waals surface area contributed by atoms with Crippen LogP contribution in [0.3, 0.4) is 0 Å². The fraction of sp³-hybridized carbons (Fsp3) is 0.290. The van der Waals surface area contributed by atoms with Gasteiger partial charge in [0.05, 0.1) is 18.0 Å². The van der Waals surface area contributed by atoms with E-state index in [9.17, 15) is 8.42 Å². The molecule has 4 rings (SSSR count). The molecule has 5 heteroatoms. The second kappa shape index (κ2) is 10.7. The fourth-order valence-electron chi connectivity index (χ4n) is 5.15. The van der Waals surface area contributed by atoms with Crippen molar-refractivity contribution in [3.63, 3.8) is 0 Å². The summed E-state index contributed by atoms with van der Waals surface area (Å²) in [6.07, 6.45) is 10.9. The quantitative estimate of drug-likeness (QED) is 0.397. The molecule has 0 saturated carbocycles. The maximum absolute atomic E-state index is 13.7. The Bertz CT molecular complexity index is 1310. The first-order valence-corrected chi connectivity index (χ1v) is 13.7. The van der Waals surface area contributed by atoms with Crippen molar-refractivity contribution in [2.45, 2.75) is 44.1 Å². The van der Waals surface area contributed by atoms with E-state index in [4.69, 9.17) is 11.2 Å². The molecule has 36 heavy (non-hydrogen) atoms. The van der Waals surface area contributed by atoms with E-state index in [0.717, 1.165) is 27.8 Å². The van der Waals surface area contributed by atoms with Crippen molar-refractivity contribution < 1.29 is 13.2 Å². The SMILES string of the molecule is C#CC1(C(Cc2ccccc2)Cc2ccccc2)C=CN(S(=O)(=O)c2c(C)cc(C)cc2C)CCO1. The first kappa shape index (κ1) is 25.8. The lowest BCUT2D eigenvalue weighted by molar-refractivity contribution is -0.00384. The van der Waals surface area contributed by atoms with E-state index in [0.29, 0.717) is 17.7 Å². The maximum Gasteiger partial charge on any atom is 0.264 e. The molecule has 1 aliphatic heterocycles. The first-order chi connectivity index (χ1) is 17.2. The van der Waals surface area contributed by atoms with Gasteiger partial charge in [-0.25, -0.2) is 8.42 Å². The van der Waals surface area contributed by atoms with Gasteiger partial charge < -0.3 is 4.74 Å². The molecule has 1 unspecified atom stereocenters. The molecule has 3 aromatic carbocycles. The highest BCUT2D eigenvalue weighted by Gasteiger charge is 2.39. The van der Waals surface area contributed by atoms with Gasteiger partial charge in [-0.15, -0.1) is 6.42 Å². The Morgan fingerprint density at radius 2 is 1.47 bits per heavy atom. The molecule has 0 N–H and O–H groups in total. The lowest BCUT2D eigenvalue weighted by atomic mass is 9.79. The van der Waals surface area contributed by atoms with E-state index in [1.165, 1.54) is 4.31 Å². The van der Waals surface area contributed by atoms with Gasteiger partial charge in [-0.2, -0.15) is 0 Å². The van der Waals surface area contributed by atoms with Gasteiger partial charge in [0, 0.05) is 12.1 Å². The summed E-state index contributed by atoms with van der Waals surface area (Å²) in [5.74, 6) is 2.82. The predicted molar refractivity (Wildman–Crippen MR) is 145 cm³/mol. The van der Waals surface area contributed by atoms with E-state index < -0.39 is 15.6 Å². The lowest BCUT2D eigenvalue weighted by Gasteiger charge is -2.33. The summed E-state index contributed by atoms with van der Waals surface area (Å²) in [6.45, 7) is 6.04. The zero-order chi connectivity index (χ0) is 25.8. The van der Waals surface area contributed by atoms with Crippen LogP contribution >= 0.6 is 0 Å². The van der Waals surface area contributed by atoms with Gasteiger partial charge in [0.2, 0.25) is 0 Å². The molecule has 0 radical (unpaired) electrons. The average molecular weight is 500 g/mol. The zero-order valence-corrected chi connectivity index (χ0v) is 22.0. The Kier molecular flexibility index (Phi) is 7.68. The van der Waals surface area contributed by atoms with Crippen LogP contribution < -0.4 is 0 Å². The minimum absolute atomic E-state index is 0.0888. The van der Waals surface area contributed by atoms with Crippen LogP contribution in [0.15, 0.2) is 90.0 Å². The number of rotatable bonds is 7. The van der Waals surface area contributed by atoms with Crippen molar-refractivity contribution in [1.29, 1.82) is 0 Å². The summed E-state index contributed by atoms with van der Waals surface area (Å²) in [4.78, 5) is 0.344. The second-order valence-electron chi connectivity index (χ2n) is 9.52. The second-order valence-corrected chi connectivity index (χ2v) is 11.3. The van der Waals surface area contributed by atoms with Crippen LogP contribution in [0.25, 0.3) is 0 Å². The molecule has 3 aromatic rings. The standard InChI is InChI=1S/C31H33NO3S/c1-5-31(29(22-27-12-8-6-9-13-27)23-28-14-10-7-11-15-28)16-17-32(18-19-35-31)36(33,34)30-25(3)20-24(2)21-26(30)4/h1,6-17,20-21,29H,18-19,22-23H2,2-4H3. The van der Waals surface area contributed by atoms with Crippen molar-refractivity contribution in [1.82, 2.24) is 4.31 Å². The smallest absolute Gasteiger partial charge is 0.264 e. The molecule has 1 heterocycles. The molecule has 0 aromatic heterocycles. The fourth-order valence-corrected chi connectivity index (χ4v) is 6.85. The lowest BCUT2D eigenvalue weighted by Crippen LogP contribution is -2.40. The number of hydrogen-bond donors (Lipinski definition) is 0. The average Bonchev–Trinajstić information content (AvgIpc) is 3.08. The normalized spacial score (nSPS) is 18.1. The van der Waals surface area contributed by atoms with Gasteiger partial charge in [0.1, 0.15) is 0 Å². The van der Waals surface area contributed by atoms with Crippen molar-refractivity contribution in [2.24, 2.45) is 5.92 Å². The highest BCUT2D eigenvalue weighted by Crippen LogP contribution is 2.34. The molecule has 0 aliphatic carbocycles. The van der Waals surface area contributed by atoms with Crippen LogP contribution in [0.2, 0.25) is 0 Å². The maximum atomic E-state index is 13.7. The summed E-state index contributed by atoms with van der Waals surface area (Å²) >= 11 is 0. The minimum Gasteiger partial charge on any atom is -0.357 e. The van der Waals surface area contributed by atoms with E-state index in [1.807, 2.05) is 69.3 Å². The van der Waals surface area contributed by atoms with Gasteiger partial charge >= 0.3 is 0 Å². The third-order valence-electron chi connectivity index (χ3n) is 6.79. The van der Waals surface area contributed by atoms with E-state index in [-0.39, 0.29) is 19.1 Å². The molecule has 0 saturated heterocycles. The number of nitrogens with zero attached hydrogens (tertiary/aromatic N) is 1. The van der Waals surface area contributed by atoms with Crippen molar-refractivity contribution in [3.8, 4) is 12.3 Å². The van der Waals surface area contributed by atoms with E-state index >= 15 is 0 Å². The van der Waals surface area contributed by atoms with Crippen molar-refractivity contribution in [3.05, 3.63) is 113 Å². The summed E-state index contributed by atoms with van der Waals surface area (Å²) < 4.78 is 35.2. The third-order valence-corrected chi connectivity index (χ3v) is 8.88. The number of hydrogen-bond acceptors (Lipinski definition) is 3. The summed E-state index contributed by atoms with van der Waals surface area (Å²) in [7, 11) is -3.77. The predicted octanol–water partition coefficient (Wildman–Crippen LogP) is 5.62. The Balaban J connectivity index is 1.71. The van der Waals surface area contributed by atoms with E-state index in [1.54, 1.807) is 12.3 Å². The van der Waals surface area contributed by atoms with Gasteiger partial charge in [-0.05, 0) is 61.9 Å². The summed E-state index contributed by atoms with van der Waals surface area (Å²) in [5.41, 5.74) is 3.78. The first-order valence-electron chi connectivity index (χ1n) is 12.2. The molecule has 0 amide bonds.